The number of aliphatic hydroxyl groups is 1. The van der Waals surface area contributed by atoms with Gasteiger partial charge >= 0.3 is 6.18 Å². The van der Waals surface area contributed by atoms with E-state index in [0.29, 0.717) is 18.5 Å². The fraction of sp³-hybridized carbons (Fsp3) is 0.375. The van der Waals surface area contributed by atoms with Crippen LogP contribution in [0.1, 0.15) is 29.3 Å². The molecule has 0 fully saturated rings. The van der Waals surface area contributed by atoms with Gasteiger partial charge in [-0.2, -0.15) is 18.3 Å². The lowest BCUT2D eigenvalue weighted by Gasteiger charge is -2.15. The molecule has 0 aliphatic rings. The summed E-state index contributed by atoms with van der Waals surface area (Å²) < 4.78 is 43.3. The number of ether oxygens (including phenoxy) is 1. The number of halogens is 3. The van der Waals surface area contributed by atoms with Crippen LogP contribution in [0.15, 0.2) is 36.7 Å². The number of carbonyl (C=O) groups is 1. The van der Waals surface area contributed by atoms with Crippen molar-refractivity contribution in [2.45, 2.75) is 32.2 Å². The van der Waals surface area contributed by atoms with Gasteiger partial charge < -0.3 is 9.84 Å². The van der Waals surface area contributed by atoms with E-state index in [1.54, 1.807) is 36.0 Å². The first-order valence-electron chi connectivity index (χ1n) is 7.31. The van der Waals surface area contributed by atoms with E-state index in [2.05, 4.69) is 5.10 Å². The number of carbonyl (C=O) groups excluding carboxylic acids is 1. The molecular formula is C16H17F3N2O3. The molecule has 0 aliphatic carbocycles. The summed E-state index contributed by atoms with van der Waals surface area (Å²) in [5, 5.41) is 13.0. The smallest absolute Gasteiger partial charge is 0.417 e. The van der Waals surface area contributed by atoms with Crippen LogP contribution in [0, 0.1) is 0 Å². The SMILES string of the molecule is CCC(=O)c1cnn(Cc2cccc(OCC(O)C(F)(F)F)c2)c1. The van der Waals surface area contributed by atoms with Crippen LogP contribution in [0.5, 0.6) is 5.75 Å². The van der Waals surface area contributed by atoms with Crippen LogP contribution in [0.4, 0.5) is 13.2 Å². The van der Waals surface area contributed by atoms with E-state index in [0.717, 1.165) is 5.56 Å². The Morgan fingerprint density at radius 1 is 1.42 bits per heavy atom. The van der Waals surface area contributed by atoms with Gasteiger partial charge in [0.1, 0.15) is 12.4 Å². The molecule has 2 aromatic rings. The molecule has 0 aliphatic heterocycles. The predicted molar refractivity (Wildman–Crippen MR) is 79.9 cm³/mol. The Kier molecular flexibility index (Phi) is 5.61. The average molecular weight is 342 g/mol. The largest absolute Gasteiger partial charge is 0.491 e. The summed E-state index contributed by atoms with van der Waals surface area (Å²) in [4.78, 5) is 11.6. The molecule has 0 radical (unpaired) electrons. The molecule has 1 heterocycles. The molecule has 0 saturated heterocycles. The quantitative estimate of drug-likeness (QED) is 0.786. The molecule has 0 saturated carbocycles. The number of nitrogens with zero attached hydrogens (tertiary/aromatic N) is 2. The van der Waals surface area contributed by atoms with Gasteiger partial charge in [-0.15, -0.1) is 0 Å². The molecule has 5 nitrogen and oxygen atoms in total. The monoisotopic (exact) mass is 342 g/mol. The van der Waals surface area contributed by atoms with Crippen LogP contribution in [-0.4, -0.2) is 39.6 Å². The van der Waals surface area contributed by atoms with Gasteiger partial charge in [0.25, 0.3) is 0 Å². The van der Waals surface area contributed by atoms with Crippen molar-refractivity contribution in [1.82, 2.24) is 9.78 Å². The van der Waals surface area contributed by atoms with Crippen molar-refractivity contribution in [3.8, 4) is 5.75 Å². The zero-order valence-electron chi connectivity index (χ0n) is 13.0. The molecule has 24 heavy (non-hydrogen) atoms. The standard InChI is InChI=1S/C16H17F3N2O3/c1-2-14(22)12-7-20-21(9-12)8-11-4-3-5-13(6-11)24-10-15(23)16(17,18)19/h3-7,9,15,23H,2,8,10H2,1H3. The lowest BCUT2D eigenvalue weighted by atomic mass is 10.2. The van der Waals surface area contributed by atoms with Crippen molar-refractivity contribution in [3.63, 3.8) is 0 Å². The third-order valence-corrected chi connectivity index (χ3v) is 3.31. The Hall–Kier alpha value is -2.35. The van der Waals surface area contributed by atoms with Gasteiger partial charge in [0, 0.05) is 12.6 Å². The summed E-state index contributed by atoms with van der Waals surface area (Å²) in [6.45, 7) is 1.23. The zero-order chi connectivity index (χ0) is 17.7. The molecule has 0 bridgehead atoms. The summed E-state index contributed by atoms with van der Waals surface area (Å²) in [6.07, 6.45) is -3.76. The van der Waals surface area contributed by atoms with Gasteiger partial charge in [-0.1, -0.05) is 19.1 Å². The van der Waals surface area contributed by atoms with Gasteiger partial charge in [0.15, 0.2) is 11.9 Å². The summed E-state index contributed by atoms with van der Waals surface area (Å²) in [6, 6.07) is 6.45. The molecule has 0 spiro atoms. The molecule has 0 amide bonds. The molecular weight excluding hydrogens is 325 g/mol. The maximum atomic E-state index is 12.2. The minimum atomic E-state index is -4.71. The number of aliphatic hydroxyl groups excluding tert-OH is 1. The van der Waals surface area contributed by atoms with E-state index in [1.165, 1.54) is 12.3 Å². The summed E-state index contributed by atoms with van der Waals surface area (Å²) in [5.41, 5.74) is 1.26. The number of ketones is 1. The first-order chi connectivity index (χ1) is 11.3. The fourth-order valence-electron chi connectivity index (χ4n) is 1.99. The van der Waals surface area contributed by atoms with Crippen LogP contribution >= 0.6 is 0 Å². The number of hydrogen-bond donors (Lipinski definition) is 1. The van der Waals surface area contributed by atoms with Crippen molar-refractivity contribution >= 4 is 5.78 Å². The topological polar surface area (TPSA) is 64.4 Å². The van der Waals surface area contributed by atoms with Gasteiger partial charge in [0.05, 0.1) is 18.3 Å². The van der Waals surface area contributed by atoms with Crippen LogP contribution < -0.4 is 4.74 Å². The Morgan fingerprint density at radius 3 is 2.83 bits per heavy atom. The molecule has 2 rings (SSSR count). The van der Waals surface area contributed by atoms with Crippen molar-refractivity contribution < 1.29 is 27.8 Å². The number of benzene rings is 1. The Balaban J connectivity index is 2.00. The second-order valence-electron chi connectivity index (χ2n) is 5.22. The van der Waals surface area contributed by atoms with Gasteiger partial charge in [-0.3, -0.25) is 9.48 Å². The van der Waals surface area contributed by atoms with E-state index in [9.17, 15) is 18.0 Å². The molecule has 8 heteroatoms. The van der Waals surface area contributed by atoms with E-state index in [1.807, 2.05) is 0 Å². The zero-order valence-corrected chi connectivity index (χ0v) is 13.0. The first kappa shape index (κ1) is 18.0. The molecule has 1 atom stereocenters. The number of aromatic nitrogens is 2. The fourth-order valence-corrected chi connectivity index (χ4v) is 1.99. The molecule has 1 aromatic heterocycles. The van der Waals surface area contributed by atoms with Crippen LogP contribution in [0.25, 0.3) is 0 Å². The summed E-state index contributed by atoms with van der Waals surface area (Å²) in [5.74, 6) is 0.201. The first-order valence-corrected chi connectivity index (χ1v) is 7.31. The lowest BCUT2D eigenvalue weighted by molar-refractivity contribution is -0.210. The van der Waals surface area contributed by atoms with Crippen molar-refractivity contribution in [1.29, 1.82) is 0 Å². The lowest BCUT2D eigenvalue weighted by Crippen LogP contribution is -2.34. The van der Waals surface area contributed by atoms with Gasteiger partial charge in [-0.05, 0) is 17.7 Å². The normalized spacial score (nSPS) is 12.9. The Labute approximate surface area is 136 Å². The maximum absolute atomic E-state index is 12.2. The minimum absolute atomic E-state index is 0.0144. The highest BCUT2D eigenvalue weighted by Gasteiger charge is 2.38. The van der Waals surface area contributed by atoms with Gasteiger partial charge in [0.2, 0.25) is 0 Å². The maximum Gasteiger partial charge on any atom is 0.417 e. The second kappa shape index (κ2) is 7.48. The molecule has 1 aromatic carbocycles. The van der Waals surface area contributed by atoms with E-state index < -0.39 is 18.9 Å². The van der Waals surface area contributed by atoms with Crippen LogP contribution in [-0.2, 0) is 6.54 Å². The van der Waals surface area contributed by atoms with E-state index in [4.69, 9.17) is 9.84 Å². The van der Waals surface area contributed by atoms with Crippen LogP contribution in [0.3, 0.4) is 0 Å². The molecule has 1 unspecified atom stereocenters. The molecule has 1 N–H and O–H groups in total. The van der Waals surface area contributed by atoms with Crippen molar-refractivity contribution in [3.05, 3.63) is 47.8 Å². The second-order valence-corrected chi connectivity index (χ2v) is 5.22. The summed E-state index contributed by atoms with van der Waals surface area (Å²) in [7, 11) is 0. The highest BCUT2D eigenvalue weighted by molar-refractivity contribution is 5.95. The van der Waals surface area contributed by atoms with Gasteiger partial charge in [-0.25, -0.2) is 0 Å². The minimum Gasteiger partial charge on any atom is -0.491 e. The predicted octanol–water partition coefficient (Wildman–Crippen LogP) is 2.83. The highest BCUT2D eigenvalue weighted by Crippen LogP contribution is 2.21. The van der Waals surface area contributed by atoms with Crippen molar-refractivity contribution in [2.75, 3.05) is 6.61 Å². The number of rotatable bonds is 7. The average Bonchev–Trinajstić information content (AvgIpc) is 2.99. The Bertz CT molecular complexity index is 698. The van der Waals surface area contributed by atoms with E-state index in [-0.39, 0.29) is 11.5 Å². The van der Waals surface area contributed by atoms with Crippen LogP contribution in [0.2, 0.25) is 0 Å². The highest BCUT2D eigenvalue weighted by atomic mass is 19.4. The number of hydrogen-bond acceptors (Lipinski definition) is 4. The number of alkyl halides is 3. The third kappa shape index (κ3) is 4.82. The van der Waals surface area contributed by atoms with E-state index >= 15 is 0 Å². The third-order valence-electron chi connectivity index (χ3n) is 3.31. The molecule has 130 valence electrons. The summed E-state index contributed by atoms with van der Waals surface area (Å²) >= 11 is 0. The van der Waals surface area contributed by atoms with Crippen molar-refractivity contribution in [2.24, 2.45) is 0 Å². The number of Topliss-reactive ketones (excluding diaryl/α,β-unsaturated/α-hetero) is 1. The Morgan fingerprint density at radius 2 is 2.17 bits per heavy atom.